The lowest BCUT2D eigenvalue weighted by Crippen LogP contribution is -2.40. The van der Waals surface area contributed by atoms with Crippen molar-refractivity contribution in [1.82, 2.24) is 4.90 Å². The molecule has 0 bridgehead atoms. The minimum Gasteiger partial charge on any atom is -0.507 e. The van der Waals surface area contributed by atoms with Gasteiger partial charge in [0.15, 0.2) is 0 Å². The molecule has 1 saturated heterocycles. The van der Waals surface area contributed by atoms with Crippen molar-refractivity contribution in [2.24, 2.45) is 0 Å². The number of Topliss-reactive ketones (excluding diaryl/α,β-unsaturated/α-hetero) is 1. The predicted octanol–water partition coefficient (Wildman–Crippen LogP) is 5.20. The topological polar surface area (TPSA) is 57.6 Å². The molecule has 156 valence electrons. The number of amides is 1. The average Bonchev–Trinajstić information content (AvgIpc) is 3.01. The molecular weight excluding hydrogens is 381 g/mol. The first-order chi connectivity index (χ1) is 14.4. The Kier molecular flexibility index (Phi) is 5.46. The Labute approximate surface area is 176 Å². The van der Waals surface area contributed by atoms with E-state index in [0.29, 0.717) is 5.56 Å². The molecular formula is C25H26FNO3. The SMILES string of the molecule is Cc1ccc(/C(O)=C2\C(=O)C(=O)N(C3CCCCC3)C2c2ccccc2F)cc1C. The predicted molar refractivity (Wildman–Crippen MR) is 113 cm³/mol. The molecule has 5 heteroatoms. The molecule has 1 unspecified atom stereocenters. The van der Waals surface area contributed by atoms with Gasteiger partial charge in [-0.2, -0.15) is 0 Å². The third kappa shape index (κ3) is 3.42. The summed E-state index contributed by atoms with van der Waals surface area (Å²) in [5.74, 6) is -2.13. The summed E-state index contributed by atoms with van der Waals surface area (Å²) in [6.07, 6.45) is 4.58. The van der Waals surface area contributed by atoms with E-state index in [1.54, 1.807) is 30.3 Å². The van der Waals surface area contributed by atoms with Crippen LogP contribution in [0.3, 0.4) is 0 Å². The molecule has 4 rings (SSSR count). The van der Waals surface area contributed by atoms with Crippen LogP contribution in [0.4, 0.5) is 4.39 Å². The van der Waals surface area contributed by atoms with E-state index in [1.165, 1.54) is 11.0 Å². The first-order valence-electron chi connectivity index (χ1n) is 10.5. The minimum absolute atomic E-state index is 0.0288. The average molecular weight is 407 g/mol. The number of ketones is 1. The molecule has 0 spiro atoms. The van der Waals surface area contributed by atoms with E-state index >= 15 is 0 Å². The smallest absolute Gasteiger partial charge is 0.295 e. The van der Waals surface area contributed by atoms with Gasteiger partial charge in [-0.3, -0.25) is 9.59 Å². The molecule has 1 heterocycles. The standard InChI is InChI=1S/C25H26FNO3/c1-15-12-13-17(14-16(15)2)23(28)21-22(19-10-6-7-11-20(19)26)27(25(30)24(21)29)18-8-4-3-5-9-18/h6-7,10-14,18,22,28H,3-5,8-9H2,1-2H3/b23-21+. The Morgan fingerprint density at radius 2 is 1.70 bits per heavy atom. The highest BCUT2D eigenvalue weighted by atomic mass is 19.1. The van der Waals surface area contributed by atoms with E-state index in [1.807, 2.05) is 19.9 Å². The van der Waals surface area contributed by atoms with Gasteiger partial charge < -0.3 is 10.0 Å². The number of rotatable bonds is 3. The van der Waals surface area contributed by atoms with Crippen molar-refractivity contribution < 1.29 is 19.1 Å². The number of likely N-dealkylation sites (tertiary alicyclic amines) is 1. The Balaban J connectivity index is 1.90. The molecule has 1 atom stereocenters. The number of aliphatic hydroxyl groups excluding tert-OH is 1. The van der Waals surface area contributed by atoms with Gasteiger partial charge in [-0.25, -0.2) is 4.39 Å². The zero-order valence-corrected chi connectivity index (χ0v) is 17.3. The lowest BCUT2D eigenvalue weighted by molar-refractivity contribution is -0.141. The summed E-state index contributed by atoms with van der Waals surface area (Å²) in [4.78, 5) is 27.7. The van der Waals surface area contributed by atoms with Gasteiger partial charge in [0.05, 0.1) is 11.6 Å². The van der Waals surface area contributed by atoms with Crippen LogP contribution in [0.25, 0.3) is 5.76 Å². The maximum Gasteiger partial charge on any atom is 0.295 e. The number of halogens is 1. The lowest BCUT2D eigenvalue weighted by atomic mass is 9.90. The van der Waals surface area contributed by atoms with Gasteiger partial charge in [0.2, 0.25) is 0 Å². The van der Waals surface area contributed by atoms with Crippen LogP contribution in [0.15, 0.2) is 48.0 Å². The van der Waals surface area contributed by atoms with Crippen molar-refractivity contribution in [1.29, 1.82) is 0 Å². The second-order valence-corrected chi connectivity index (χ2v) is 8.32. The second kappa shape index (κ2) is 8.05. The van der Waals surface area contributed by atoms with Crippen LogP contribution in [0.2, 0.25) is 0 Å². The number of carbonyl (C=O) groups excluding carboxylic acids is 2. The van der Waals surface area contributed by atoms with E-state index < -0.39 is 23.5 Å². The molecule has 1 saturated carbocycles. The molecule has 0 radical (unpaired) electrons. The van der Waals surface area contributed by atoms with Crippen molar-refractivity contribution in [3.63, 3.8) is 0 Å². The quantitative estimate of drug-likeness (QED) is 0.432. The number of aliphatic hydroxyl groups is 1. The number of aryl methyl sites for hydroxylation is 2. The van der Waals surface area contributed by atoms with Gasteiger partial charge >= 0.3 is 0 Å². The van der Waals surface area contributed by atoms with E-state index in [2.05, 4.69) is 0 Å². The van der Waals surface area contributed by atoms with E-state index in [-0.39, 0.29) is 22.9 Å². The second-order valence-electron chi connectivity index (χ2n) is 8.32. The summed E-state index contributed by atoms with van der Waals surface area (Å²) >= 11 is 0. The van der Waals surface area contributed by atoms with Gasteiger partial charge in [-0.1, -0.05) is 49.6 Å². The Morgan fingerprint density at radius 3 is 2.37 bits per heavy atom. The molecule has 1 amide bonds. The van der Waals surface area contributed by atoms with E-state index in [4.69, 9.17) is 0 Å². The van der Waals surface area contributed by atoms with Crippen LogP contribution < -0.4 is 0 Å². The number of carbonyl (C=O) groups is 2. The number of hydrogen-bond donors (Lipinski definition) is 1. The summed E-state index contributed by atoms with van der Waals surface area (Å²) in [6.45, 7) is 3.88. The summed E-state index contributed by atoms with van der Waals surface area (Å²) in [6, 6.07) is 10.5. The lowest BCUT2D eigenvalue weighted by Gasteiger charge is -2.35. The van der Waals surface area contributed by atoms with Crippen molar-refractivity contribution in [3.8, 4) is 0 Å². The van der Waals surface area contributed by atoms with Crippen LogP contribution in [-0.4, -0.2) is 27.7 Å². The fraction of sp³-hybridized carbons (Fsp3) is 0.360. The molecule has 0 aromatic heterocycles. The molecule has 30 heavy (non-hydrogen) atoms. The van der Waals surface area contributed by atoms with Crippen LogP contribution in [0, 0.1) is 19.7 Å². The minimum atomic E-state index is -0.920. The first-order valence-corrected chi connectivity index (χ1v) is 10.5. The maximum absolute atomic E-state index is 14.8. The van der Waals surface area contributed by atoms with Crippen molar-refractivity contribution in [3.05, 3.63) is 76.1 Å². The molecule has 1 aliphatic carbocycles. The number of hydrogen-bond acceptors (Lipinski definition) is 3. The molecule has 4 nitrogen and oxygen atoms in total. The number of benzene rings is 2. The molecule has 2 fully saturated rings. The van der Waals surface area contributed by atoms with E-state index in [9.17, 15) is 19.1 Å². The van der Waals surface area contributed by atoms with Crippen LogP contribution >= 0.6 is 0 Å². The highest BCUT2D eigenvalue weighted by molar-refractivity contribution is 6.46. The Bertz CT molecular complexity index is 1040. The van der Waals surface area contributed by atoms with E-state index in [0.717, 1.165) is 43.2 Å². The third-order valence-electron chi connectivity index (χ3n) is 6.43. The zero-order chi connectivity index (χ0) is 21.4. The van der Waals surface area contributed by atoms with Gasteiger partial charge in [0.25, 0.3) is 11.7 Å². The zero-order valence-electron chi connectivity index (χ0n) is 17.3. The highest BCUT2D eigenvalue weighted by Gasteiger charge is 2.49. The first kappa shape index (κ1) is 20.3. The molecule has 1 aliphatic heterocycles. The Morgan fingerprint density at radius 1 is 1.00 bits per heavy atom. The Hall–Kier alpha value is -2.95. The normalized spacial score (nSPS) is 22.0. The summed E-state index contributed by atoms with van der Waals surface area (Å²) in [7, 11) is 0. The van der Waals surface area contributed by atoms with Crippen molar-refractivity contribution >= 4 is 17.4 Å². The maximum atomic E-state index is 14.8. The monoisotopic (exact) mass is 407 g/mol. The molecule has 2 aromatic carbocycles. The van der Waals surface area contributed by atoms with Gasteiger partial charge in [-0.15, -0.1) is 0 Å². The summed E-state index contributed by atoms with van der Waals surface area (Å²) in [5.41, 5.74) is 2.69. The van der Waals surface area contributed by atoms with Crippen LogP contribution in [0.1, 0.15) is 60.4 Å². The van der Waals surface area contributed by atoms with Crippen molar-refractivity contribution in [2.75, 3.05) is 0 Å². The van der Waals surface area contributed by atoms with Crippen LogP contribution in [0.5, 0.6) is 0 Å². The fourth-order valence-corrected chi connectivity index (χ4v) is 4.63. The summed E-state index contributed by atoms with van der Waals surface area (Å²) in [5, 5.41) is 11.1. The largest absolute Gasteiger partial charge is 0.507 e. The van der Waals surface area contributed by atoms with Crippen LogP contribution in [-0.2, 0) is 9.59 Å². The molecule has 2 aromatic rings. The molecule has 2 aliphatic rings. The van der Waals surface area contributed by atoms with Gasteiger partial charge in [0.1, 0.15) is 11.6 Å². The fourth-order valence-electron chi connectivity index (χ4n) is 4.63. The highest BCUT2D eigenvalue weighted by Crippen LogP contribution is 2.43. The van der Waals surface area contributed by atoms with Gasteiger partial charge in [-0.05, 0) is 49.9 Å². The van der Waals surface area contributed by atoms with Gasteiger partial charge in [0, 0.05) is 17.2 Å². The van der Waals surface area contributed by atoms with Crippen molar-refractivity contribution in [2.45, 2.75) is 58.0 Å². The molecule has 1 N–H and O–H groups in total. The summed E-state index contributed by atoms with van der Waals surface area (Å²) < 4.78 is 14.8. The third-order valence-corrected chi connectivity index (χ3v) is 6.43. The number of nitrogens with zero attached hydrogens (tertiary/aromatic N) is 1.